The SMILES string of the molecule is Cc1ccc(OC(C)C(=O)N/N=C/c2ccc(O)cc2O)cc1C. The molecule has 126 valence electrons. The number of nitrogens with one attached hydrogen (secondary N) is 1. The molecular formula is C18H20N2O4. The number of nitrogens with zero attached hydrogens (tertiary/aromatic N) is 1. The fourth-order valence-corrected chi connectivity index (χ4v) is 1.94. The number of ether oxygens (including phenoxy) is 1. The summed E-state index contributed by atoms with van der Waals surface area (Å²) in [6.45, 7) is 5.60. The van der Waals surface area contributed by atoms with Crippen molar-refractivity contribution in [2.75, 3.05) is 0 Å². The topological polar surface area (TPSA) is 91.2 Å². The maximum Gasteiger partial charge on any atom is 0.280 e. The van der Waals surface area contributed by atoms with E-state index in [0.29, 0.717) is 11.3 Å². The number of rotatable bonds is 5. The minimum Gasteiger partial charge on any atom is -0.508 e. The summed E-state index contributed by atoms with van der Waals surface area (Å²) in [5.41, 5.74) is 4.96. The zero-order valence-corrected chi connectivity index (χ0v) is 13.8. The Morgan fingerprint density at radius 3 is 2.58 bits per heavy atom. The lowest BCUT2D eigenvalue weighted by Crippen LogP contribution is -2.33. The molecule has 2 aromatic carbocycles. The second-order valence-corrected chi connectivity index (χ2v) is 5.48. The van der Waals surface area contributed by atoms with Gasteiger partial charge in [-0.15, -0.1) is 0 Å². The summed E-state index contributed by atoms with van der Waals surface area (Å²) in [7, 11) is 0. The first-order valence-electron chi connectivity index (χ1n) is 7.45. The van der Waals surface area contributed by atoms with Crippen LogP contribution in [0.2, 0.25) is 0 Å². The van der Waals surface area contributed by atoms with Crippen LogP contribution in [0.25, 0.3) is 0 Å². The molecule has 0 heterocycles. The minimum absolute atomic E-state index is 0.0518. The molecule has 3 N–H and O–H groups in total. The van der Waals surface area contributed by atoms with Crippen molar-refractivity contribution in [2.24, 2.45) is 5.10 Å². The summed E-state index contributed by atoms with van der Waals surface area (Å²) in [6.07, 6.45) is 0.563. The molecule has 1 atom stereocenters. The van der Waals surface area contributed by atoms with Crippen LogP contribution in [0.15, 0.2) is 41.5 Å². The molecule has 6 nitrogen and oxygen atoms in total. The number of amides is 1. The molecule has 6 heteroatoms. The van der Waals surface area contributed by atoms with Crippen LogP contribution >= 0.6 is 0 Å². The molecule has 1 amide bonds. The molecule has 0 saturated carbocycles. The first kappa shape index (κ1) is 17.3. The van der Waals surface area contributed by atoms with Gasteiger partial charge in [0.2, 0.25) is 0 Å². The van der Waals surface area contributed by atoms with Gasteiger partial charge in [-0.05, 0) is 56.2 Å². The number of aryl methyl sites for hydroxylation is 2. The second kappa shape index (κ2) is 7.50. The third kappa shape index (κ3) is 4.49. The van der Waals surface area contributed by atoms with Crippen molar-refractivity contribution in [3.63, 3.8) is 0 Å². The van der Waals surface area contributed by atoms with Crippen LogP contribution in [0.5, 0.6) is 17.2 Å². The Labute approximate surface area is 140 Å². The van der Waals surface area contributed by atoms with E-state index in [1.165, 1.54) is 24.4 Å². The van der Waals surface area contributed by atoms with Gasteiger partial charge < -0.3 is 14.9 Å². The van der Waals surface area contributed by atoms with E-state index in [2.05, 4.69) is 10.5 Å². The molecule has 1 unspecified atom stereocenters. The number of hydrogen-bond acceptors (Lipinski definition) is 5. The Bertz CT molecular complexity index is 772. The first-order valence-corrected chi connectivity index (χ1v) is 7.45. The molecule has 0 bridgehead atoms. The van der Waals surface area contributed by atoms with Crippen molar-refractivity contribution >= 4 is 12.1 Å². The van der Waals surface area contributed by atoms with E-state index in [9.17, 15) is 15.0 Å². The second-order valence-electron chi connectivity index (χ2n) is 5.48. The highest BCUT2D eigenvalue weighted by atomic mass is 16.5. The summed E-state index contributed by atoms with van der Waals surface area (Å²) in [6, 6.07) is 9.69. The number of carbonyl (C=O) groups is 1. The van der Waals surface area contributed by atoms with Gasteiger partial charge in [-0.2, -0.15) is 5.10 Å². The monoisotopic (exact) mass is 328 g/mol. The molecule has 0 aliphatic rings. The average Bonchev–Trinajstić information content (AvgIpc) is 2.53. The molecule has 0 saturated heterocycles. The summed E-state index contributed by atoms with van der Waals surface area (Å²) in [5, 5.41) is 22.6. The molecule has 24 heavy (non-hydrogen) atoms. The van der Waals surface area contributed by atoms with Crippen molar-refractivity contribution in [1.29, 1.82) is 0 Å². The zero-order valence-electron chi connectivity index (χ0n) is 13.8. The van der Waals surface area contributed by atoms with E-state index in [1.54, 1.807) is 6.92 Å². The van der Waals surface area contributed by atoms with Gasteiger partial charge in [-0.1, -0.05) is 6.07 Å². The minimum atomic E-state index is -0.724. The van der Waals surface area contributed by atoms with E-state index in [0.717, 1.165) is 11.1 Å². The third-order valence-corrected chi connectivity index (χ3v) is 3.55. The van der Waals surface area contributed by atoms with Crippen molar-refractivity contribution in [3.05, 3.63) is 53.1 Å². The summed E-state index contributed by atoms with van der Waals surface area (Å²) >= 11 is 0. The van der Waals surface area contributed by atoms with Gasteiger partial charge in [0.1, 0.15) is 17.2 Å². The number of hydrogen-bond donors (Lipinski definition) is 3. The Hall–Kier alpha value is -3.02. The normalized spacial score (nSPS) is 12.1. The predicted octanol–water partition coefficient (Wildman–Crippen LogP) is 2.63. The number of aromatic hydroxyl groups is 2. The quantitative estimate of drug-likeness (QED) is 0.581. The zero-order chi connectivity index (χ0) is 17.7. The van der Waals surface area contributed by atoms with Gasteiger partial charge in [0, 0.05) is 11.6 Å². The predicted molar refractivity (Wildman–Crippen MR) is 91.5 cm³/mol. The third-order valence-electron chi connectivity index (χ3n) is 3.55. The Morgan fingerprint density at radius 2 is 1.92 bits per heavy atom. The van der Waals surface area contributed by atoms with E-state index in [1.807, 2.05) is 32.0 Å². The Kier molecular flexibility index (Phi) is 5.42. The number of carbonyl (C=O) groups excluding carboxylic acids is 1. The van der Waals surface area contributed by atoms with Crippen LogP contribution < -0.4 is 10.2 Å². The maximum absolute atomic E-state index is 12.0. The van der Waals surface area contributed by atoms with Crippen LogP contribution in [-0.4, -0.2) is 28.4 Å². The maximum atomic E-state index is 12.0. The number of benzene rings is 2. The van der Waals surface area contributed by atoms with Gasteiger partial charge in [-0.25, -0.2) is 5.43 Å². The molecule has 2 aromatic rings. The Morgan fingerprint density at radius 1 is 1.17 bits per heavy atom. The van der Waals surface area contributed by atoms with Crippen LogP contribution in [0, 0.1) is 13.8 Å². The number of phenolic OH excluding ortho intramolecular Hbond substituents is 2. The van der Waals surface area contributed by atoms with E-state index >= 15 is 0 Å². The summed E-state index contributed by atoms with van der Waals surface area (Å²) < 4.78 is 5.59. The van der Waals surface area contributed by atoms with E-state index in [-0.39, 0.29) is 11.5 Å². The van der Waals surface area contributed by atoms with Gasteiger partial charge in [0.15, 0.2) is 6.10 Å². The highest BCUT2D eigenvalue weighted by molar-refractivity contribution is 5.86. The van der Waals surface area contributed by atoms with Crippen molar-refractivity contribution < 1.29 is 19.7 Å². The highest BCUT2D eigenvalue weighted by Crippen LogP contribution is 2.21. The molecule has 2 rings (SSSR count). The lowest BCUT2D eigenvalue weighted by molar-refractivity contribution is -0.127. The van der Waals surface area contributed by atoms with Gasteiger partial charge in [-0.3, -0.25) is 4.79 Å². The van der Waals surface area contributed by atoms with Crippen LogP contribution in [0.4, 0.5) is 0 Å². The lowest BCUT2D eigenvalue weighted by atomic mass is 10.1. The molecule has 0 aliphatic carbocycles. The average molecular weight is 328 g/mol. The van der Waals surface area contributed by atoms with Crippen molar-refractivity contribution in [2.45, 2.75) is 26.9 Å². The fraction of sp³-hybridized carbons (Fsp3) is 0.222. The number of hydrazone groups is 1. The Balaban J connectivity index is 1.93. The summed E-state index contributed by atoms with van der Waals surface area (Å²) in [5.74, 6) is 0.0141. The first-order chi connectivity index (χ1) is 11.4. The highest BCUT2D eigenvalue weighted by Gasteiger charge is 2.14. The molecule has 0 fully saturated rings. The van der Waals surface area contributed by atoms with Gasteiger partial charge in [0.25, 0.3) is 5.91 Å². The standard InChI is InChI=1S/C18H20N2O4/c1-11-4-7-16(8-12(11)2)24-13(3)18(23)20-19-10-14-5-6-15(21)9-17(14)22/h4-10,13,21-22H,1-3H3,(H,20,23)/b19-10+. The molecule has 0 spiro atoms. The largest absolute Gasteiger partial charge is 0.508 e. The van der Waals surface area contributed by atoms with E-state index in [4.69, 9.17) is 4.74 Å². The van der Waals surface area contributed by atoms with Crippen LogP contribution in [-0.2, 0) is 4.79 Å². The van der Waals surface area contributed by atoms with Crippen molar-refractivity contribution in [1.82, 2.24) is 5.43 Å². The molecule has 0 radical (unpaired) electrons. The van der Waals surface area contributed by atoms with Gasteiger partial charge >= 0.3 is 0 Å². The summed E-state index contributed by atoms with van der Waals surface area (Å²) in [4.78, 5) is 12.0. The lowest BCUT2D eigenvalue weighted by Gasteiger charge is -2.14. The molecule has 0 aromatic heterocycles. The smallest absolute Gasteiger partial charge is 0.280 e. The molecule has 0 aliphatic heterocycles. The van der Waals surface area contributed by atoms with Crippen molar-refractivity contribution in [3.8, 4) is 17.2 Å². The van der Waals surface area contributed by atoms with E-state index < -0.39 is 12.0 Å². The van der Waals surface area contributed by atoms with Crippen LogP contribution in [0.1, 0.15) is 23.6 Å². The molecular weight excluding hydrogens is 308 g/mol. The van der Waals surface area contributed by atoms with Gasteiger partial charge in [0.05, 0.1) is 6.21 Å². The number of phenols is 2. The van der Waals surface area contributed by atoms with Crippen LogP contribution in [0.3, 0.4) is 0 Å². The fourth-order valence-electron chi connectivity index (χ4n) is 1.94.